The third-order valence-corrected chi connectivity index (χ3v) is 3.59. The molecule has 2 aromatic rings. The number of aryl methyl sites for hydroxylation is 1. The molecule has 0 aliphatic carbocycles. The maximum atomic E-state index is 11.9. The summed E-state index contributed by atoms with van der Waals surface area (Å²) in [6.07, 6.45) is 1.24. The Balaban J connectivity index is 1.77. The fraction of sp³-hybridized carbons (Fsp3) is 0.375. The summed E-state index contributed by atoms with van der Waals surface area (Å²) in [4.78, 5) is 14.0. The molecule has 22 heavy (non-hydrogen) atoms. The quantitative estimate of drug-likeness (QED) is 0.849. The van der Waals surface area contributed by atoms with Crippen LogP contribution in [-0.4, -0.2) is 29.6 Å². The van der Waals surface area contributed by atoms with Gasteiger partial charge in [-0.15, -0.1) is 0 Å². The largest absolute Gasteiger partial charge is 0.360 e. The second-order valence-corrected chi connectivity index (χ2v) is 5.56. The zero-order chi connectivity index (χ0) is 15.9. The molecule has 1 N–H and O–H groups in total. The molecule has 0 saturated carbocycles. The van der Waals surface area contributed by atoms with E-state index in [1.54, 1.807) is 12.1 Å². The van der Waals surface area contributed by atoms with Gasteiger partial charge in [0.25, 0.3) is 0 Å². The number of aromatic nitrogens is 1. The summed E-state index contributed by atoms with van der Waals surface area (Å²) < 4.78 is 5.23. The number of carbonyl (C=O) groups excluding carboxylic acids is 1. The van der Waals surface area contributed by atoms with E-state index in [0.717, 1.165) is 17.9 Å². The first kappa shape index (κ1) is 16.5. The fourth-order valence-corrected chi connectivity index (χ4v) is 2.19. The van der Waals surface area contributed by atoms with Gasteiger partial charge in [-0.3, -0.25) is 9.69 Å². The van der Waals surface area contributed by atoms with Gasteiger partial charge >= 0.3 is 0 Å². The molecule has 5 nitrogen and oxygen atoms in total. The first-order valence-corrected chi connectivity index (χ1v) is 7.63. The molecule has 1 amide bonds. The topological polar surface area (TPSA) is 58.4 Å². The number of amides is 1. The summed E-state index contributed by atoms with van der Waals surface area (Å²) in [6, 6.07) is 9.14. The molecule has 0 atom stereocenters. The van der Waals surface area contributed by atoms with Gasteiger partial charge in [0.15, 0.2) is 5.76 Å². The number of nitrogens with one attached hydrogen (secondary N) is 1. The van der Waals surface area contributed by atoms with Gasteiger partial charge in [-0.2, -0.15) is 0 Å². The minimum Gasteiger partial charge on any atom is -0.360 e. The fourth-order valence-electron chi connectivity index (χ4n) is 2.01. The standard InChI is InChI=1S/C16H20ClN3O2/c1-3-12-10-13(22-19-12)11-20(2)9-8-16(21)18-15-7-5-4-6-14(15)17/h4-7,10H,3,8-9,11H2,1-2H3,(H,18,21). The van der Waals surface area contributed by atoms with E-state index in [1.807, 2.05) is 37.1 Å². The van der Waals surface area contributed by atoms with E-state index in [1.165, 1.54) is 0 Å². The Morgan fingerprint density at radius 3 is 2.86 bits per heavy atom. The molecule has 0 spiro atoms. The van der Waals surface area contributed by atoms with Crippen molar-refractivity contribution < 1.29 is 9.32 Å². The van der Waals surface area contributed by atoms with Crippen molar-refractivity contribution in [3.05, 3.63) is 46.8 Å². The lowest BCUT2D eigenvalue weighted by Gasteiger charge is -2.14. The Kier molecular flexibility index (Phi) is 5.98. The van der Waals surface area contributed by atoms with Gasteiger partial charge in [0.2, 0.25) is 5.91 Å². The Morgan fingerprint density at radius 1 is 1.41 bits per heavy atom. The number of halogens is 1. The van der Waals surface area contributed by atoms with Crippen molar-refractivity contribution in [3.8, 4) is 0 Å². The molecular formula is C16H20ClN3O2. The lowest BCUT2D eigenvalue weighted by molar-refractivity contribution is -0.116. The number of carbonyl (C=O) groups is 1. The molecule has 1 heterocycles. The molecule has 0 aliphatic rings. The Labute approximate surface area is 135 Å². The minimum atomic E-state index is -0.0632. The smallest absolute Gasteiger partial charge is 0.225 e. The van der Waals surface area contributed by atoms with E-state index >= 15 is 0 Å². The van der Waals surface area contributed by atoms with Gasteiger partial charge in [0.05, 0.1) is 22.9 Å². The molecule has 1 aromatic heterocycles. The zero-order valence-electron chi connectivity index (χ0n) is 12.8. The van der Waals surface area contributed by atoms with E-state index in [2.05, 4.69) is 10.5 Å². The Bertz CT molecular complexity index is 627. The first-order chi connectivity index (χ1) is 10.6. The van der Waals surface area contributed by atoms with Crippen molar-refractivity contribution in [2.24, 2.45) is 0 Å². The number of para-hydroxylation sites is 1. The highest BCUT2D eigenvalue weighted by Gasteiger charge is 2.10. The van der Waals surface area contributed by atoms with Crippen molar-refractivity contribution in [1.29, 1.82) is 0 Å². The van der Waals surface area contributed by atoms with E-state index < -0.39 is 0 Å². The number of nitrogens with zero attached hydrogens (tertiary/aromatic N) is 2. The van der Waals surface area contributed by atoms with Crippen LogP contribution in [0.4, 0.5) is 5.69 Å². The normalized spacial score (nSPS) is 10.9. The number of benzene rings is 1. The summed E-state index contributed by atoms with van der Waals surface area (Å²) >= 11 is 6.01. The predicted molar refractivity (Wildman–Crippen MR) is 86.9 cm³/mol. The van der Waals surface area contributed by atoms with Gasteiger partial charge in [-0.1, -0.05) is 35.8 Å². The number of hydrogen-bond acceptors (Lipinski definition) is 4. The summed E-state index contributed by atoms with van der Waals surface area (Å²) in [5, 5.41) is 7.30. The van der Waals surface area contributed by atoms with Crippen molar-refractivity contribution in [2.45, 2.75) is 26.3 Å². The van der Waals surface area contributed by atoms with Crippen LogP contribution in [0.2, 0.25) is 5.02 Å². The monoisotopic (exact) mass is 321 g/mol. The second-order valence-electron chi connectivity index (χ2n) is 5.15. The molecule has 0 aliphatic heterocycles. The van der Waals surface area contributed by atoms with Gasteiger partial charge in [0, 0.05) is 19.0 Å². The van der Waals surface area contributed by atoms with Gasteiger partial charge in [-0.05, 0) is 25.6 Å². The number of rotatable bonds is 7. The highest BCUT2D eigenvalue weighted by Crippen LogP contribution is 2.20. The van der Waals surface area contributed by atoms with Crippen LogP contribution < -0.4 is 5.32 Å². The number of hydrogen-bond donors (Lipinski definition) is 1. The summed E-state index contributed by atoms with van der Waals surface area (Å²) in [5.41, 5.74) is 1.58. The molecule has 0 bridgehead atoms. The third-order valence-electron chi connectivity index (χ3n) is 3.26. The zero-order valence-corrected chi connectivity index (χ0v) is 13.6. The van der Waals surface area contributed by atoms with Crippen LogP contribution in [0.3, 0.4) is 0 Å². The molecule has 0 saturated heterocycles. The van der Waals surface area contributed by atoms with Crippen molar-refractivity contribution in [3.63, 3.8) is 0 Å². The SMILES string of the molecule is CCc1cc(CN(C)CCC(=O)Nc2ccccc2Cl)on1. The average molecular weight is 322 g/mol. The second kappa shape index (κ2) is 7.96. The van der Waals surface area contributed by atoms with E-state index in [9.17, 15) is 4.79 Å². The third kappa shape index (κ3) is 4.86. The van der Waals surface area contributed by atoms with Crippen LogP contribution in [0, 0.1) is 0 Å². The molecule has 0 fully saturated rings. The summed E-state index contributed by atoms with van der Waals surface area (Å²) in [5.74, 6) is 0.748. The van der Waals surface area contributed by atoms with E-state index in [-0.39, 0.29) is 5.91 Å². The molecule has 2 rings (SSSR count). The minimum absolute atomic E-state index is 0.0632. The van der Waals surface area contributed by atoms with Crippen LogP contribution in [0.15, 0.2) is 34.9 Å². The maximum Gasteiger partial charge on any atom is 0.225 e. The van der Waals surface area contributed by atoms with Crippen LogP contribution >= 0.6 is 11.6 Å². The van der Waals surface area contributed by atoms with Crippen molar-refractivity contribution >= 4 is 23.2 Å². The van der Waals surface area contributed by atoms with Crippen molar-refractivity contribution in [1.82, 2.24) is 10.1 Å². The molecule has 0 radical (unpaired) electrons. The lowest BCUT2D eigenvalue weighted by Crippen LogP contribution is -2.24. The highest BCUT2D eigenvalue weighted by molar-refractivity contribution is 6.33. The van der Waals surface area contributed by atoms with E-state index in [0.29, 0.717) is 30.2 Å². The molecular weight excluding hydrogens is 302 g/mol. The Hall–Kier alpha value is -1.85. The van der Waals surface area contributed by atoms with Gasteiger partial charge in [-0.25, -0.2) is 0 Å². The van der Waals surface area contributed by atoms with Gasteiger partial charge in [0.1, 0.15) is 0 Å². The summed E-state index contributed by atoms with van der Waals surface area (Å²) in [6.45, 7) is 3.29. The number of anilines is 1. The molecule has 118 valence electrons. The predicted octanol–water partition coefficient (Wildman–Crippen LogP) is 3.35. The van der Waals surface area contributed by atoms with Crippen molar-refractivity contribution in [2.75, 3.05) is 18.9 Å². The van der Waals surface area contributed by atoms with Crippen LogP contribution in [0.25, 0.3) is 0 Å². The average Bonchev–Trinajstić information content (AvgIpc) is 2.95. The van der Waals surface area contributed by atoms with Crippen LogP contribution in [0.1, 0.15) is 24.8 Å². The molecule has 6 heteroatoms. The lowest BCUT2D eigenvalue weighted by atomic mass is 10.3. The van der Waals surface area contributed by atoms with Gasteiger partial charge < -0.3 is 9.84 Å². The Morgan fingerprint density at radius 2 is 2.18 bits per heavy atom. The highest BCUT2D eigenvalue weighted by atomic mass is 35.5. The summed E-state index contributed by atoms with van der Waals surface area (Å²) in [7, 11) is 1.94. The van der Waals surface area contributed by atoms with E-state index in [4.69, 9.17) is 16.1 Å². The first-order valence-electron chi connectivity index (χ1n) is 7.26. The molecule has 0 unspecified atom stereocenters. The van der Waals surface area contributed by atoms with Crippen LogP contribution in [-0.2, 0) is 17.8 Å². The maximum absolute atomic E-state index is 11.9. The van der Waals surface area contributed by atoms with Crippen LogP contribution in [0.5, 0.6) is 0 Å². The molecule has 1 aromatic carbocycles.